The van der Waals surface area contributed by atoms with Crippen LogP contribution in [0.1, 0.15) is 26.7 Å². The summed E-state index contributed by atoms with van der Waals surface area (Å²) in [5.74, 6) is 0.585. The zero-order chi connectivity index (χ0) is 9.68. The van der Waals surface area contributed by atoms with Gasteiger partial charge in [-0.05, 0) is 45.2 Å². The highest BCUT2D eigenvalue weighted by molar-refractivity contribution is 5.64. The van der Waals surface area contributed by atoms with E-state index >= 15 is 0 Å². The molecule has 74 valence electrons. The van der Waals surface area contributed by atoms with Crippen molar-refractivity contribution in [3.05, 3.63) is 12.2 Å². The highest BCUT2D eigenvalue weighted by Crippen LogP contribution is 2.18. The molecule has 0 aromatic heterocycles. The fraction of sp³-hybridized carbons (Fsp3) is 0.727. The van der Waals surface area contributed by atoms with Gasteiger partial charge in [-0.25, -0.2) is 0 Å². The van der Waals surface area contributed by atoms with Crippen molar-refractivity contribution in [2.75, 3.05) is 13.1 Å². The van der Waals surface area contributed by atoms with Gasteiger partial charge < -0.3 is 4.90 Å². The van der Waals surface area contributed by atoms with Crippen molar-refractivity contribution in [3.8, 4) is 0 Å². The molecule has 1 unspecified atom stereocenters. The zero-order valence-corrected chi connectivity index (χ0v) is 8.57. The Balaban J connectivity index is 2.41. The van der Waals surface area contributed by atoms with Crippen LogP contribution in [0.5, 0.6) is 0 Å². The van der Waals surface area contributed by atoms with E-state index in [1.165, 1.54) is 19.4 Å². The summed E-state index contributed by atoms with van der Waals surface area (Å²) >= 11 is 0. The predicted octanol–water partition coefficient (Wildman–Crippen LogP) is 1.86. The molecule has 0 aromatic rings. The molecule has 1 aliphatic heterocycles. The molecule has 13 heavy (non-hydrogen) atoms. The molecule has 2 nitrogen and oxygen atoms in total. The van der Waals surface area contributed by atoms with Crippen LogP contribution in [0.3, 0.4) is 0 Å². The van der Waals surface area contributed by atoms with Crippen LogP contribution in [-0.4, -0.2) is 30.3 Å². The zero-order valence-electron chi connectivity index (χ0n) is 8.57. The maximum absolute atomic E-state index is 10.2. The number of hydrogen-bond acceptors (Lipinski definition) is 2. The van der Waals surface area contributed by atoms with E-state index in [4.69, 9.17) is 0 Å². The molecule has 1 aliphatic rings. The second kappa shape index (κ2) is 5.18. The largest absolute Gasteiger partial charge is 0.300 e. The SMILES string of the molecule is CC(C)N1CCCC(/C=C\C=O)C1. The quantitative estimate of drug-likeness (QED) is 0.489. The Morgan fingerprint density at radius 1 is 1.46 bits per heavy atom. The molecule has 1 atom stereocenters. The van der Waals surface area contributed by atoms with Crippen LogP contribution in [0.2, 0.25) is 0 Å². The number of allylic oxidation sites excluding steroid dienone is 1. The first kappa shape index (κ1) is 10.5. The standard InChI is InChI=1S/C11H19NO/c1-10(2)12-7-3-5-11(9-12)6-4-8-13/h4,6,8,10-11H,3,5,7,9H2,1-2H3/b6-4-. The van der Waals surface area contributed by atoms with Crippen LogP contribution in [0.25, 0.3) is 0 Å². The third kappa shape index (κ3) is 3.31. The molecule has 1 rings (SSSR count). The summed E-state index contributed by atoms with van der Waals surface area (Å²) in [5.41, 5.74) is 0. The fourth-order valence-corrected chi connectivity index (χ4v) is 1.87. The molecule has 0 N–H and O–H groups in total. The lowest BCUT2D eigenvalue weighted by molar-refractivity contribution is -0.104. The first-order valence-corrected chi connectivity index (χ1v) is 5.10. The summed E-state index contributed by atoms with van der Waals surface area (Å²) in [6.07, 6.45) is 7.03. The molecular weight excluding hydrogens is 162 g/mol. The van der Waals surface area contributed by atoms with E-state index in [0.717, 1.165) is 12.8 Å². The van der Waals surface area contributed by atoms with Gasteiger partial charge in [-0.1, -0.05) is 6.08 Å². The number of rotatable bonds is 3. The van der Waals surface area contributed by atoms with Crippen molar-refractivity contribution in [1.82, 2.24) is 4.90 Å². The van der Waals surface area contributed by atoms with Crippen molar-refractivity contribution in [2.45, 2.75) is 32.7 Å². The van der Waals surface area contributed by atoms with Crippen LogP contribution < -0.4 is 0 Å². The van der Waals surface area contributed by atoms with Crippen molar-refractivity contribution in [1.29, 1.82) is 0 Å². The molecule has 1 saturated heterocycles. The molecule has 0 radical (unpaired) electrons. The molecule has 0 bridgehead atoms. The van der Waals surface area contributed by atoms with Crippen molar-refractivity contribution >= 4 is 6.29 Å². The lowest BCUT2D eigenvalue weighted by Crippen LogP contribution is -2.39. The van der Waals surface area contributed by atoms with Gasteiger partial charge in [0.05, 0.1) is 0 Å². The van der Waals surface area contributed by atoms with Gasteiger partial charge in [-0.3, -0.25) is 4.79 Å². The minimum atomic E-state index is 0.585. The molecule has 2 heteroatoms. The van der Waals surface area contributed by atoms with Crippen LogP contribution in [-0.2, 0) is 4.79 Å². The third-order valence-electron chi connectivity index (χ3n) is 2.68. The highest BCUT2D eigenvalue weighted by atomic mass is 16.1. The number of nitrogens with zero attached hydrogens (tertiary/aromatic N) is 1. The Kier molecular flexibility index (Phi) is 4.16. The first-order chi connectivity index (χ1) is 6.24. The fourth-order valence-electron chi connectivity index (χ4n) is 1.87. The Morgan fingerprint density at radius 2 is 2.23 bits per heavy atom. The Hall–Kier alpha value is -0.630. The third-order valence-corrected chi connectivity index (χ3v) is 2.68. The molecule has 0 saturated carbocycles. The molecule has 1 heterocycles. The summed E-state index contributed by atoms with van der Waals surface area (Å²) < 4.78 is 0. The van der Waals surface area contributed by atoms with Gasteiger partial charge in [0, 0.05) is 12.6 Å². The maximum Gasteiger partial charge on any atom is 0.142 e. The van der Waals surface area contributed by atoms with E-state index in [1.807, 2.05) is 6.08 Å². The van der Waals surface area contributed by atoms with Crippen LogP contribution in [0.15, 0.2) is 12.2 Å². The van der Waals surface area contributed by atoms with Crippen LogP contribution in [0, 0.1) is 5.92 Å². The lowest BCUT2D eigenvalue weighted by atomic mass is 9.97. The van der Waals surface area contributed by atoms with E-state index < -0.39 is 0 Å². The van der Waals surface area contributed by atoms with Gasteiger partial charge in [0.25, 0.3) is 0 Å². The normalized spacial score (nSPS) is 25.6. The second-order valence-electron chi connectivity index (χ2n) is 4.01. The molecule has 0 aliphatic carbocycles. The number of piperidine rings is 1. The summed E-state index contributed by atoms with van der Waals surface area (Å²) in [7, 11) is 0. The van der Waals surface area contributed by atoms with Gasteiger partial charge in [0.1, 0.15) is 6.29 Å². The Bertz CT molecular complexity index is 187. The molecule has 0 spiro atoms. The summed E-state index contributed by atoms with van der Waals surface area (Å²) in [5, 5.41) is 0. The second-order valence-corrected chi connectivity index (χ2v) is 4.01. The molecule has 0 amide bonds. The topological polar surface area (TPSA) is 20.3 Å². The summed E-state index contributed by atoms with van der Waals surface area (Å²) in [6.45, 7) is 6.78. The first-order valence-electron chi connectivity index (χ1n) is 5.10. The van der Waals surface area contributed by atoms with Gasteiger partial charge >= 0.3 is 0 Å². The maximum atomic E-state index is 10.2. The van der Waals surface area contributed by atoms with Gasteiger partial charge in [-0.2, -0.15) is 0 Å². The van der Waals surface area contributed by atoms with Crippen LogP contribution in [0.4, 0.5) is 0 Å². The smallest absolute Gasteiger partial charge is 0.142 e. The Labute approximate surface area is 80.6 Å². The van der Waals surface area contributed by atoms with Crippen molar-refractivity contribution in [2.24, 2.45) is 5.92 Å². The van der Waals surface area contributed by atoms with E-state index in [1.54, 1.807) is 6.08 Å². The van der Waals surface area contributed by atoms with E-state index in [-0.39, 0.29) is 0 Å². The Morgan fingerprint density at radius 3 is 2.85 bits per heavy atom. The van der Waals surface area contributed by atoms with Gasteiger partial charge in [0.15, 0.2) is 0 Å². The minimum absolute atomic E-state index is 0.585. The summed E-state index contributed by atoms with van der Waals surface area (Å²) in [6, 6.07) is 0.632. The van der Waals surface area contributed by atoms with E-state index in [2.05, 4.69) is 18.7 Å². The molecule has 0 aromatic carbocycles. The van der Waals surface area contributed by atoms with Gasteiger partial charge in [0.2, 0.25) is 0 Å². The predicted molar refractivity (Wildman–Crippen MR) is 54.6 cm³/mol. The number of hydrogen-bond donors (Lipinski definition) is 0. The van der Waals surface area contributed by atoms with E-state index in [9.17, 15) is 4.79 Å². The van der Waals surface area contributed by atoms with Crippen molar-refractivity contribution < 1.29 is 4.79 Å². The number of carbonyl (C=O) groups excluding carboxylic acids is 1. The minimum Gasteiger partial charge on any atom is -0.300 e. The highest BCUT2D eigenvalue weighted by Gasteiger charge is 2.19. The van der Waals surface area contributed by atoms with E-state index in [0.29, 0.717) is 12.0 Å². The summed E-state index contributed by atoms with van der Waals surface area (Å²) in [4.78, 5) is 12.6. The van der Waals surface area contributed by atoms with Crippen LogP contribution >= 0.6 is 0 Å². The average molecular weight is 181 g/mol. The van der Waals surface area contributed by atoms with Crippen molar-refractivity contribution in [3.63, 3.8) is 0 Å². The lowest BCUT2D eigenvalue weighted by Gasteiger charge is -2.34. The number of aldehydes is 1. The molecular formula is C11H19NO. The number of carbonyl (C=O) groups is 1. The molecule has 1 fully saturated rings. The number of likely N-dealkylation sites (tertiary alicyclic amines) is 1. The van der Waals surface area contributed by atoms with Gasteiger partial charge in [-0.15, -0.1) is 0 Å². The average Bonchev–Trinajstić information content (AvgIpc) is 2.15. The monoisotopic (exact) mass is 181 g/mol.